The Morgan fingerprint density at radius 1 is 1.31 bits per heavy atom. The molecule has 16 heavy (non-hydrogen) atoms. The topological polar surface area (TPSA) is 32.3 Å². The fourth-order valence-electron chi connectivity index (χ4n) is 3.02. The molecule has 0 aromatic rings. The second kappa shape index (κ2) is 5.50. The molecule has 1 aliphatic rings. The molecule has 1 rings (SSSR count). The summed E-state index contributed by atoms with van der Waals surface area (Å²) in [4.78, 5) is 0. The molecule has 3 unspecified atom stereocenters. The first-order valence-electron chi connectivity index (χ1n) is 6.71. The maximum absolute atomic E-state index is 9.79. The van der Waals surface area contributed by atoms with E-state index in [9.17, 15) is 5.11 Å². The van der Waals surface area contributed by atoms with Crippen LogP contribution in [0.5, 0.6) is 0 Å². The lowest BCUT2D eigenvalue weighted by atomic mass is 9.70. The fraction of sp³-hybridized carbons (Fsp3) is 1.00. The van der Waals surface area contributed by atoms with Crippen molar-refractivity contribution in [2.45, 2.75) is 66.0 Å². The summed E-state index contributed by atoms with van der Waals surface area (Å²) in [6.45, 7) is 11.9. The lowest BCUT2D eigenvalue weighted by molar-refractivity contribution is 0.101. The third-order valence-corrected chi connectivity index (χ3v) is 3.77. The van der Waals surface area contributed by atoms with E-state index in [1.807, 2.05) is 0 Å². The van der Waals surface area contributed by atoms with Gasteiger partial charge in [-0.25, -0.2) is 0 Å². The van der Waals surface area contributed by atoms with E-state index in [2.05, 4.69) is 39.9 Å². The molecule has 0 amide bonds. The van der Waals surface area contributed by atoms with Crippen LogP contribution in [-0.4, -0.2) is 23.8 Å². The highest BCUT2D eigenvalue weighted by Crippen LogP contribution is 2.38. The minimum Gasteiger partial charge on any atom is -0.392 e. The van der Waals surface area contributed by atoms with Gasteiger partial charge in [-0.15, -0.1) is 0 Å². The van der Waals surface area contributed by atoms with E-state index < -0.39 is 0 Å². The van der Waals surface area contributed by atoms with Gasteiger partial charge in [0.25, 0.3) is 0 Å². The van der Waals surface area contributed by atoms with E-state index >= 15 is 0 Å². The molecule has 0 aliphatic heterocycles. The van der Waals surface area contributed by atoms with Crippen molar-refractivity contribution in [1.82, 2.24) is 5.32 Å². The molecule has 1 saturated carbocycles. The molecular weight excluding hydrogens is 198 g/mol. The van der Waals surface area contributed by atoms with Crippen LogP contribution in [0, 0.1) is 17.3 Å². The van der Waals surface area contributed by atoms with E-state index in [1.54, 1.807) is 0 Å². The van der Waals surface area contributed by atoms with E-state index in [-0.39, 0.29) is 6.10 Å². The number of nitrogens with one attached hydrogen (secondary N) is 1. The average molecular weight is 227 g/mol. The lowest BCUT2D eigenvalue weighted by Gasteiger charge is -2.39. The summed E-state index contributed by atoms with van der Waals surface area (Å²) >= 11 is 0. The molecule has 2 N–H and O–H groups in total. The van der Waals surface area contributed by atoms with Gasteiger partial charge in [0.05, 0.1) is 6.10 Å². The zero-order valence-electron chi connectivity index (χ0n) is 11.6. The Bertz CT molecular complexity index is 213. The first-order chi connectivity index (χ1) is 7.30. The lowest BCUT2D eigenvalue weighted by Crippen LogP contribution is -2.43. The molecule has 2 heteroatoms. The van der Waals surface area contributed by atoms with E-state index in [1.165, 1.54) is 19.3 Å². The Labute approximate surface area is 101 Å². The highest BCUT2D eigenvalue weighted by Gasteiger charge is 2.31. The number of hydrogen-bond donors (Lipinski definition) is 2. The summed E-state index contributed by atoms with van der Waals surface area (Å²) in [6, 6.07) is 0.590. The van der Waals surface area contributed by atoms with E-state index in [4.69, 9.17) is 0 Å². The summed E-state index contributed by atoms with van der Waals surface area (Å²) < 4.78 is 0. The number of aliphatic hydroxyl groups excluding tert-OH is 1. The van der Waals surface area contributed by atoms with Crippen LogP contribution in [0.15, 0.2) is 0 Å². The van der Waals surface area contributed by atoms with Crippen molar-refractivity contribution in [3.63, 3.8) is 0 Å². The van der Waals surface area contributed by atoms with E-state index in [0.717, 1.165) is 12.5 Å². The minimum atomic E-state index is -0.208. The van der Waals surface area contributed by atoms with Gasteiger partial charge < -0.3 is 10.4 Å². The predicted molar refractivity (Wildman–Crippen MR) is 69.4 cm³/mol. The molecule has 0 saturated heterocycles. The SMILES string of the molecule is CC1CC(NCC(O)C(C)C)CC(C)(C)C1. The van der Waals surface area contributed by atoms with Crippen molar-refractivity contribution in [3.05, 3.63) is 0 Å². The highest BCUT2D eigenvalue weighted by molar-refractivity contribution is 4.87. The third-order valence-electron chi connectivity index (χ3n) is 3.77. The zero-order chi connectivity index (χ0) is 12.3. The van der Waals surface area contributed by atoms with Crippen molar-refractivity contribution >= 4 is 0 Å². The smallest absolute Gasteiger partial charge is 0.0687 e. The first kappa shape index (κ1) is 14.0. The van der Waals surface area contributed by atoms with Crippen molar-refractivity contribution < 1.29 is 5.11 Å². The molecule has 0 spiro atoms. The molecule has 0 bridgehead atoms. The van der Waals surface area contributed by atoms with Crippen molar-refractivity contribution in [2.75, 3.05) is 6.54 Å². The average Bonchev–Trinajstić information content (AvgIpc) is 2.10. The van der Waals surface area contributed by atoms with Gasteiger partial charge in [0.15, 0.2) is 0 Å². The Balaban J connectivity index is 2.37. The molecule has 96 valence electrons. The summed E-state index contributed by atoms with van der Waals surface area (Å²) in [5.74, 6) is 1.15. The molecule has 1 fully saturated rings. The standard InChI is InChI=1S/C14H29NO/c1-10(2)13(16)9-15-12-6-11(3)7-14(4,5)8-12/h10-13,15-16H,6-9H2,1-5H3. The van der Waals surface area contributed by atoms with Crippen LogP contribution in [0.25, 0.3) is 0 Å². The van der Waals surface area contributed by atoms with Gasteiger partial charge >= 0.3 is 0 Å². The van der Waals surface area contributed by atoms with Crippen LogP contribution in [0.1, 0.15) is 53.9 Å². The van der Waals surface area contributed by atoms with Gasteiger partial charge in [-0.05, 0) is 36.5 Å². The minimum absolute atomic E-state index is 0.208. The van der Waals surface area contributed by atoms with Gasteiger partial charge in [-0.2, -0.15) is 0 Å². The van der Waals surface area contributed by atoms with Crippen LogP contribution in [0.3, 0.4) is 0 Å². The predicted octanol–water partition coefficient (Wildman–Crippen LogP) is 2.81. The maximum atomic E-state index is 9.79. The van der Waals surface area contributed by atoms with Gasteiger partial charge in [0.1, 0.15) is 0 Å². The molecule has 1 aliphatic carbocycles. The fourth-order valence-corrected chi connectivity index (χ4v) is 3.02. The second-order valence-electron chi connectivity index (χ2n) is 6.83. The Morgan fingerprint density at radius 3 is 2.44 bits per heavy atom. The van der Waals surface area contributed by atoms with Gasteiger partial charge in [0, 0.05) is 12.6 Å². The highest BCUT2D eigenvalue weighted by atomic mass is 16.3. The van der Waals surface area contributed by atoms with Gasteiger partial charge in [0.2, 0.25) is 0 Å². The molecule has 0 aromatic carbocycles. The summed E-state index contributed by atoms with van der Waals surface area (Å²) in [5, 5.41) is 13.3. The Kier molecular flexibility index (Phi) is 4.81. The molecule has 0 aromatic heterocycles. The van der Waals surface area contributed by atoms with Crippen molar-refractivity contribution in [2.24, 2.45) is 17.3 Å². The third kappa shape index (κ3) is 4.42. The number of aliphatic hydroxyl groups is 1. The Morgan fingerprint density at radius 2 is 1.94 bits per heavy atom. The number of hydrogen-bond acceptors (Lipinski definition) is 2. The van der Waals surface area contributed by atoms with E-state index in [0.29, 0.717) is 17.4 Å². The first-order valence-corrected chi connectivity index (χ1v) is 6.71. The molecule has 0 radical (unpaired) electrons. The number of rotatable bonds is 4. The largest absolute Gasteiger partial charge is 0.392 e. The summed E-state index contributed by atoms with van der Waals surface area (Å²) in [7, 11) is 0. The maximum Gasteiger partial charge on any atom is 0.0687 e. The normalized spacial score (nSPS) is 31.7. The van der Waals surface area contributed by atoms with Crippen LogP contribution < -0.4 is 5.32 Å². The monoisotopic (exact) mass is 227 g/mol. The Hall–Kier alpha value is -0.0800. The van der Waals surface area contributed by atoms with Crippen LogP contribution in [-0.2, 0) is 0 Å². The summed E-state index contributed by atoms with van der Waals surface area (Å²) in [5.41, 5.74) is 0.456. The van der Waals surface area contributed by atoms with Crippen LogP contribution in [0.2, 0.25) is 0 Å². The quantitative estimate of drug-likeness (QED) is 0.774. The van der Waals surface area contributed by atoms with Gasteiger partial charge in [-0.3, -0.25) is 0 Å². The van der Waals surface area contributed by atoms with Crippen LogP contribution in [0.4, 0.5) is 0 Å². The molecule has 2 nitrogen and oxygen atoms in total. The van der Waals surface area contributed by atoms with Crippen molar-refractivity contribution in [3.8, 4) is 0 Å². The van der Waals surface area contributed by atoms with Gasteiger partial charge in [-0.1, -0.05) is 34.6 Å². The molecule has 3 atom stereocenters. The zero-order valence-corrected chi connectivity index (χ0v) is 11.6. The summed E-state index contributed by atoms with van der Waals surface area (Å²) in [6.07, 6.45) is 3.62. The second-order valence-corrected chi connectivity index (χ2v) is 6.83. The molecule has 0 heterocycles. The van der Waals surface area contributed by atoms with Crippen LogP contribution >= 0.6 is 0 Å². The molecular formula is C14H29NO. The van der Waals surface area contributed by atoms with Crippen molar-refractivity contribution in [1.29, 1.82) is 0 Å².